The molecule has 198 valence electrons. The van der Waals surface area contributed by atoms with E-state index in [4.69, 9.17) is 9.47 Å². The van der Waals surface area contributed by atoms with Crippen molar-refractivity contribution in [3.63, 3.8) is 0 Å². The normalized spacial score (nSPS) is 22.5. The molecule has 2 aliphatic rings. The van der Waals surface area contributed by atoms with Gasteiger partial charge in [-0.3, -0.25) is 4.79 Å². The van der Waals surface area contributed by atoms with E-state index in [1.807, 2.05) is 32.6 Å². The zero-order chi connectivity index (χ0) is 27.0. The predicted molar refractivity (Wildman–Crippen MR) is 139 cm³/mol. The van der Waals surface area contributed by atoms with Crippen LogP contribution in [0.5, 0.6) is 11.5 Å². The number of nitrogens with zero attached hydrogens (tertiary/aromatic N) is 2. The van der Waals surface area contributed by atoms with Gasteiger partial charge in [0.05, 0.1) is 18.4 Å². The highest BCUT2D eigenvalue weighted by Crippen LogP contribution is 2.55. The van der Waals surface area contributed by atoms with E-state index in [1.54, 1.807) is 30.3 Å². The molecule has 7 nitrogen and oxygen atoms in total. The summed E-state index contributed by atoms with van der Waals surface area (Å²) < 4.78 is 26.6. The number of hydrogen-bond donors (Lipinski definition) is 2. The second-order valence-corrected chi connectivity index (χ2v) is 11.3. The van der Waals surface area contributed by atoms with Crippen LogP contribution in [-0.4, -0.2) is 50.0 Å². The molecule has 0 unspecified atom stereocenters. The Morgan fingerprint density at radius 2 is 1.84 bits per heavy atom. The van der Waals surface area contributed by atoms with E-state index in [-0.39, 0.29) is 36.1 Å². The van der Waals surface area contributed by atoms with Gasteiger partial charge in [-0.25, -0.2) is 4.39 Å². The fourth-order valence-corrected chi connectivity index (χ4v) is 6.25. The van der Waals surface area contributed by atoms with Gasteiger partial charge in [-0.1, -0.05) is 27.7 Å². The fourth-order valence-electron chi connectivity index (χ4n) is 6.25. The van der Waals surface area contributed by atoms with Crippen molar-refractivity contribution >= 4 is 11.6 Å². The Bertz CT molecular complexity index is 1180. The number of aliphatic hydroxyl groups excluding tert-OH is 1. The van der Waals surface area contributed by atoms with E-state index < -0.39 is 16.6 Å². The van der Waals surface area contributed by atoms with Gasteiger partial charge in [-0.05, 0) is 49.1 Å². The van der Waals surface area contributed by atoms with Crippen LogP contribution in [0.4, 0.5) is 10.1 Å². The SMILES string of the molecule is COc1cc(OC2C(C)(C)C(NC(=O)c3ccc(N4CCC(CO)CC4)c(F)c3)C2(C)C)ccc1C#N. The van der Waals surface area contributed by atoms with Crippen LogP contribution in [0.15, 0.2) is 36.4 Å². The molecule has 1 amide bonds. The van der Waals surface area contributed by atoms with Crippen molar-refractivity contribution in [1.29, 1.82) is 5.26 Å². The molecule has 4 rings (SSSR count). The van der Waals surface area contributed by atoms with Crippen molar-refractivity contribution in [3.05, 3.63) is 53.3 Å². The first-order valence-electron chi connectivity index (χ1n) is 12.7. The van der Waals surface area contributed by atoms with Crippen LogP contribution < -0.4 is 19.7 Å². The van der Waals surface area contributed by atoms with Crippen LogP contribution in [0.1, 0.15) is 56.5 Å². The maximum atomic E-state index is 15.0. The van der Waals surface area contributed by atoms with Crippen LogP contribution in [0, 0.1) is 33.9 Å². The van der Waals surface area contributed by atoms with Crippen LogP contribution in [0.3, 0.4) is 0 Å². The zero-order valence-electron chi connectivity index (χ0n) is 22.2. The molecule has 1 saturated heterocycles. The Hall–Kier alpha value is -3.31. The predicted octanol–water partition coefficient (Wildman–Crippen LogP) is 4.53. The number of anilines is 1. The minimum atomic E-state index is -0.418. The third kappa shape index (κ3) is 4.97. The van der Waals surface area contributed by atoms with Gasteiger partial charge in [0.25, 0.3) is 5.91 Å². The molecule has 2 aromatic carbocycles. The molecule has 37 heavy (non-hydrogen) atoms. The average molecular weight is 510 g/mol. The standard InChI is InChI=1S/C29H36FN3O4/c1-28(2)26(29(3,4)27(28)37-21-8-6-20(16-31)24(15-21)36-5)32-25(35)19-7-9-23(22(30)14-19)33-12-10-18(17-34)11-13-33/h6-9,14-15,18,26-27,34H,10-13,17H2,1-5H3,(H,32,35). The number of nitriles is 1. The van der Waals surface area contributed by atoms with Gasteiger partial charge in [0, 0.05) is 48.2 Å². The monoisotopic (exact) mass is 509 g/mol. The highest BCUT2D eigenvalue weighted by atomic mass is 19.1. The van der Waals surface area contributed by atoms with Gasteiger partial charge < -0.3 is 24.8 Å². The van der Waals surface area contributed by atoms with E-state index in [1.165, 1.54) is 13.2 Å². The van der Waals surface area contributed by atoms with Crippen LogP contribution >= 0.6 is 0 Å². The number of halogens is 1. The topological polar surface area (TPSA) is 94.8 Å². The average Bonchev–Trinajstić information content (AvgIpc) is 2.89. The third-order valence-corrected chi connectivity index (χ3v) is 8.09. The zero-order valence-corrected chi connectivity index (χ0v) is 22.2. The number of piperidine rings is 1. The molecule has 0 spiro atoms. The molecule has 1 saturated carbocycles. The van der Waals surface area contributed by atoms with Gasteiger partial charge in [0.1, 0.15) is 29.5 Å². The summed E-state index contributed by atoms with van der Waals surface area (Å²) in [5, 5.41) is 21.7. The van der Waals surface area contributed by atoms with E-state index in [2.05, 4.69) is 11.4 Å². The van der Waals surface area contributed by atoms with E-state index >= 15 is 4.39 Å². The molecular weight excluding hydrogens is 473 g/mol. The van der Waals surface area contributed by atoms with Crippen LogP contribution in [-0.2, 0) is 0 Å². The molecule has 2 N–H and O–H groups in total. The van der Waals surface area contributed by atoms with Gasteiger partial charge in [-0.2, -0.15) is 5.26 Å². The lowest BCUT2D eigenvalue weighted by atomic mass is 9.49. The van der Waals surface area contributed by atoms with E-state index in [9.17, 15) is 15.2 Å². The molecule has 0 atom stereocenters. The number of carbonyl (C=O) groups excluding carboxylic acids is 1. The summed E-state index contributed by atoms with van der Waals surface area (Å²) in [5.74, 6) is 0.563. The van der Waals surface area contributed by atoms with Crippen molar-refractivity contribution in [2.75, 3.05) is 31.7 Å². The lowest BCUT2D eigenvalue weighted by Crippen LogP contribution is -2.74. The third-order valence-electron chi connectivity index (χ3n) is 8.09. The summed E-state index contributed by atoms with van der Waals surface area (Å²) in [6, 6.07) is 11.6. The molecular formula is C29H36FN3O4. The highest BCUT2D eigenvalue weighted by Gasteiger charge is 2.64. The number of methoxy groups -OCH3 is 1. The van der Waals surface area contributed by atoms with Crippen molar-refractivity contribution in [2.45, 2.75) is 52.7 Å². The van der Waals surface area contributed by atoms with Gasteiger partial charge >= 0.3 is 0 Å². The second-order valence-electron chi connectivity index (χ2n) is 11.3. The molecule has 0 bridgehead atoms. The lowest BCUT2D eigenvalue weighted by molar-refractivity contribution is -0.164. The number of ether oxygens (including phenoxy) is 2. The maximum absolute atomic E-state index is 15.0. The van der Waals surface area contributed by atoms with Gasteiger partial charge in [0.15, 0.2) is 0 Å². The van der Waals surface area contributed by atoms with E-state index in [0.29, 0.717) is 35.8 Å². The minimum Gasteiger partial charge on any atom is -0.495 e. The highest BCUT2D eigenvalue weighted by molar-refractivity contribution is 5.95. The van der Waals surface area contributed by atoms with Crippen molar-refractivity contribution in [2.24, 2.45) is 16.7 Å². The molecule has 1 aliphatic heterocycles. The smallest absolute Gasteiger partial charge is 0.251 e. The Morgan fingerprint density at radius 1 is 1.16 bits per heavy atom. The van der Waals surface area contributed by atoms with Gasteiger partial charge in [-0.15, -0.1) is 0 Å². The number of nitrogens with one attached hydrogen (secondary N) is 1. The lowest BCUT2D eigenvalue weighted by Gasteiger charge is -2.63. The maximum Gasteiger partial charge on any atom is 0.251 e. The molecule has 0 aromatic heterocycles. The number of benzene rings is 2. The van der Waals surface area contributed by atoms with Crippen molar-refractivity contribution < 1.29 is 23.8 Å². The molecule has 8 heteroatoms. The number of rotatable bonds is 7. The summed E-state index contributed by atoms with van der Waals surface area (Å²) in [6.07, 6.45) is 1.43. The Labute approximate surface area is 218 Å². The summed E-state index contributed by atoms with van der Waals surface area (Å²) in [5.41, 5.74) is 0.383. The fraction of sp³-hybridized carbons (Fsp3) is 0.517. The first kappa shape index (κ1) is 26.7. The molecule has 1 aliphatic carbocycles. The van der Waals surface area contributed by atoms with Crippen molar-refractivity contribution in [3.8, 4) is 17.6 Å². The number of hydrogen-bond acceptors (Lipinski definition) is 6. The molecule has 2 aromatic rings. The van der Waals surface area contributed by atoms with E-state index in [0.717, 1.165) is 12.8 Å². The summed E-state index contributed by atoms with van der Waals surface area (Å²) in [4.78, 5) is 15.1. The second kappa shape index (κ2) is 10.2. The quantitative estimate of drug-likeness (QED) is 0.570. The number of amides is 1. The van der Waals surface area contributed by atoms with Crippen LogP contribution in [0.25, 0.3) is 0 Å². The first-order chi connectivity index (χ1) is 17.5. The Balaban J connectivity index is 1.44. The first-order valence-corrected chi connectivity index (χ1v) is 12.7. The Morgan fingerprint density at radius 3 is 2.41 bits per heavy atom. The van der Waals surface area contributed by atoms with Crippen molar-refractivity contribution in [1.82, 2.24) is 5.32 Å². The van der Waals surface area contributed by atoms with Crippen LogP contribution in [0.2, 0.25) is 0 Å². The largest absolute Gasteiger partial charge is 0.495 e. The van der Waals surface area contributed by atoms with Gasteiger partial charge in [0.2, 0.25) is 0 Å². The molecule has 0 radical (unpaired) electrons. The summed E-state index contributed by atoms with van der Waals surface area (Å²) >= 11 is 0. The Kier molecular flexibility index (Phi) is 7.38. The molecule has 2 fully saturated rings. The number of aliphatic hydroxyl groups is 1. The summed E-state index contributed by atoms with van der Waals surface area (Å²) in [7, 11) is 1.51. The number of carbonyl (C=O) groups is 1. The molecule has 1 heterocycles. The summed E-state index contributed by atoms with van der Waals surface area (Å²) in [6.45, 7) is 9.68. The minimum absolute atomic E-state index is 0.164.